The van der Waals surface area contributed by atoms with Crippen LogP contribution in [0.25, 0.3) is 0 Å². The predicted octanol–water partition coefficient (Wildman–Crippen LogP) is 17.1. The lowest BCUT2D eigenvalue weighted by atomic mass is 10.1. The molecule has 0 aromatic carbocycles. The minimum atomic E-state index is -0.824. The second kappa shape index (κ2) is 52.2. The van der Waals surface area contributed by atoms with Crippen LogP contribution in [-0.2, 0) is 28.6 Å². The van der Waals surface area contributed by atoms with E-state index in [2.05, 4.69) is 154 Å². The highest BCUT2D eigenvalue weighted by Gasteiger charge is 2.19. The number of carbonyl (C=O) groups excluding carboxylic acids is 3. The molecule has 0 bridgehead atoms. The fourth-order valence-electron chi connectivity index (χ4n) is 6.32. The van der Waals surface area contributed by atoms with E-state index in [9.17, 15) is 14.4 Å². The molecule has 0 aromatic rings. The molecule has 0 amide bonds. The highest BCUT2D eigenvalue weighted by atomic mass is 16.6. The van der Waals surface area contributed by atoms with Crippen molar-refractivity contribution in [3.63, 3.8) is 0 Å². The maximum Gasteiger partial charge on any atom is 0.306 e. The second-order valence-corrected chi connectivity index (χ2v) is 16.3. The molecule has 0 aliphatic heterocycles. The largest absolute Gasteiger partial charge is 0.462 e. The zero-order chi connectivity index (χ0) is 47.2. The lowest BCUT2D eigenvalue weighted by Crippen LogP contribution is -2.30. The van der Waals surface area contributed by atoms with E-state index in [4.69, 9.17) is 14.2 Å². The third-order valence-electron chi connectivity index (χ3n) is 10.1. The molecule has 6 nitrogen and oxygen atoms in total. The molecule has 0 fully saturated rings. The van der Waals surface area contributed by atoms with Crippen molar-refractivity contribution < 1.29 is 28.6 Å². The molecule has 6 heteroatoms. The number of unbranched alkanes of at least 4 members (excludes halogenated alkanes) is 11. The van der Waals surface area contributed by atoms with Crippen LogP contribution in [0.2, 0.25) is 0 Å². The van der Waals surface area contributed by atoms with Gasteiger partial charge in [-0.25, -0.2) is 0 Å². The van der Waals surface area contributed by atoms with Gasteiger partial charge in [-0.05, 0) is 128 Å². The molecule has 0 heterocycles. The number of rotatable bonds is 44. The Morgan fingerprint density at radius 2 is 0.615 bits per heavy atom. The van der Waals surface area contributed by atoms with Crippen molar-refractivity contribution in [2.75, 3.05) is 13.2 Å². The topological polar surface area (TPSA) is 78.9 Å². The summed E-state index contributed by atoms with van der Waals surface area (Å²) < 4.78 is 16.7. The molecule has 0 spiro atoms. The summed E-state index contributed by atoms with van der Waals surface area (Å²) in [6.45, 7) is 6.27. The van der Waals surface area contributed by atoms with Crippen molar-refractivity contribution in [2.45, 2.75) is 207 Å². The number of hydrogen-bond acceptors (Lipinski definition) is 6. The van der Waals surface area contributed by atoms with E-state index in [1.54, 1.807) is 0 Å². The van der Waals surface area contributed by atoms with Crippen LogP contribution in [0.3, 0.4) is 0 Å². The Balaban J connectivity index is 4.50. The van der Waals surface area contributed by atoms with Crippen LogP contribution >= 0.6 is 0 Å². The average Bonchev–Trinajstić information content (AvgIpc) is 3.30. The Bertz CT molecular complexity index is 1450. The van der Waals surface area contributed by atoms with Gasteiger partial charge >= 0.3 is 17.9 Å². The van der Waals surface area contributed by atoms with E-state index >= 15 is 0 Å². The molecule has 0 aliphatic rings. The van der Waals surface area contributed by atoms with Crippen LogP contribution in [0.5, 0.6) is 0 Å². The zero-order valence-electron chi connectivity index (χ0n) is 41.4. The molecule has 0 rings (SSSR count). The quantitative estimate of drug-likeness (QED) is 0.0262. The van der Waals surface area contributed by atoms with Gasteiger partial charge in [0.15, 0.2) is 6.10 Å². The Morgan fingerprint density at radius 3 is 0.985 bits per heavy atom. The van der Waals surface area contributed by atoms with Crippen molar-refractivity contribution in [2.24, 2.45) is 0 Å². The van der Waals surface area contributed by atoms with Crippen molar-refractivity contribution in [3.05, 3.63) is 134 Å². The van der Waals surface area contributed by atoms with Gasteiger partial charge < -0.3 is 14.2 Å². The average molecular weight is 897 g/mol. The summed E-state index contributed by atoms with van der Waals surface area (Å²) >= 11 is 0. The summed E-state index contributed by atoms with van der Waals surface area (Å²) in [7, 11) is 0. The van der Waals surface area contributed by atoms with E-state index in [0.717, 1.165) is 122 Å². The van der Waals surface area contributed by atoms with Crippen molar-refractivity contribution >= 4 is 17.9 Å². The van der Waals surface area contributed by atoms with Crippen molar-refractivity contribution in [1.29, 1.82) is 0 Å². The van der Waals surface area contributed by atoms with Gasteiger partial charge in [0.1, 0.15) is 13.2 Å². The lowest BCUT2D eigenvalue weighted by Gasteiger charge is -2.18. The normalized spacial score (nSPS) is 13.2. The molecule has 1 unspecified atom stereocenters. The van der Waals surface area contributed by atoms with Gasteiger partial charge in [0, 0.05) is 19.3 Å². The monoisotopic (exact) mass is 897 g/mol. The number of carbonyl (C=O) groups is 3. The van der Waals surface area contributed by atoms with Gasteiger partial charge in [-0.15, -0.1) is 0 Å². The third kappa shape index (κ3) is 50.4. The van der Waals surface area contributed by atoms with Crippen LogP contribution in [0.15, 0.2) is 134 Å². The van der Waals surface area contributed by atoms with Crippen molar-refractivity contribution in [3.8, 4) is 0 Å². The Labute approximate surface area is 398 Å². The number of allylic oxidation sites excluding steroid dienone is 22. The molecule has 0 saturated carbocycles. The molecule has 364 valence electrons. The first-order valence-corrected chi connectivity index (χ1v) is 25.7. The van der Waals surface area contributed by atoms with Gasteiger partial charge in [0.25, 0.3) is 0 Å². The Kier molecular flexibility index (Phi) is 48.6. The Morgan fingerprint density at radius 1 is 0.323 bits per heavy atom. The molecule has 65 heavy (non-hydrogen) atoms. The second-order valence-electron chi connectivity index (χ2n) is 16.3. The van der Waals surface area contributed by atoms with Crippen LogP contribution < -0.4 is 0 Å². The molecule has 1 atom stereocenters. The van der Waals surface area contributed by atoms with E-state index in [0.29, 0.717) is 19.3 Å². The number of hydrogen-bond donors (Lipinski definition) is 0. The molecule has 0 radical (unpaired) electrons. The van der Waals surface area contributed by atoms with Crippen molar-refractivity contribution in [1.82, 2.24) is 0 Å². The number of esters is 3. The lowest BCUT2D eigenvalue weighted by molar-refractivity contribution is -0.167. The zero-order valence-corrected chi connectivity index (χ0v) is 41.4. The maximum atomic E-state index is 12.8. The molecule has 0 saturated heterocycles. The first-order chi connectivity index (χ1) is 32.0. The standard InChI is InChI=1S/C59H92O6/c1-4-7-10-13-16-19-21-23-25-27-29-31-33-35-37-40-43-46-49-52-58(61)64-55-56(54-63-57(60)51-48-45-42-39-18-15-12-9-6-3)65-59(62)53-50-47-44-41-38-36-34-32-30-28-26-24-22-20-17-14-11-8-5-2/h7-8,10-11,16-17,19-20,23-26,29-32,35-39,42,56H,4-6,9,12-15,18,21-22,27-28,33-34,40-41,43-55H2,1-3H3/b10-7-,11-8-,19-16-,20-17-,25-23-,26-24-,31-29-,32-30-,37-35-,38-36-,42-39-. The first kappa shape index (κ1) is 60.5. The molecule has 0 aliphatic carbocycles. The fourth-order valence-corrected chi connectivity index (χ4v) is 6.32. The summed E-state index contributed by atoms with van der Waals surface area (Å²) in [6.07, 6.45) is 73.0. The van der Waals surface area contributed by atoms with E-state index < -0.39 is 6.10 Å². The summed E-state index contributed by atoms with van der Waals surface area (Å²) in [4.78, 5) is 37.9. The van der Waals surface area contributed by atoms with Crippen LogP contribution in [0.1, 0.15) is 201 Å². The minimum absolute atomic E-state index is 0.122. The molecular formula is C59H92O6. The molecular weight excluding hydrogens is 805 g/mol. The van der Waals surface area contributed by atoms with Gasteiger partial charge in [-0.3, -0.25) is 14.4 Å². The van der Waals surface area contributed by atoms with Gasteiger partial charge in [-0.2, -0.15) is 0 Å². The van der Waals surface area contributed by atoms with E-state index in [-0.39, 0.29) is 44.0 Å². The maximum absolute atomic E-state index is 12.8. The van der Waals surface area contributed by atoms with Gasteiger partial charge in [0.2, 0.25) is 0 Å². The minimum Gasteiger partial charge on any atom is -0.462 e. The highest BCUT2D eigenvalue weighted by Crippen LogP contribution is 2.11. The van der Waals surface area contributed by atoms with Gasteiger partial charge in [0.05, 0.1) is 0 Å². The SMILES string of the molecule is CC/C=C\C/C=C\C/C=C\C/C=C\C/C=C\CCCCCC(=O)OCC(COC(=O)CCC/C=C\CCCCCC)OC(=O)CCCCC/C=C\C/C=C\C/C=C\C/C=C\C/C=C\CC. The summed E-state index contributed by atoms with van der Waals surface area (Å²) in [5, 5.41) is 0. The third-order valence-corrected chi connectivity index (χ3v) is 10.1. The van der Waals surface area contributed by atoms with Crippen LogP contribution in [0.4, 0.5) is 0 Å². The summed E-state index contributed by atoms with van der Waals surface area (Å²) in [5.74, 6) is -1.03. The molecule has 0 aromatic heterocycles. The molecule has 0 N–H and O–H groups in total. The number of ether oxygens (including phenoxy) is 3. The fraction of sp³-hybridized carbons (Fsp3) is 0.576. The summed E-state index contributed by atoms with van der Waals surface area (Å²) in [5.41, 5.74) is 0. The van der Waals surface area contributed by atoms with Gasteiger partial charge in [-0.1, -0.05) is 187 Å². The highest BCUT2D eigenvalue weighted by molar-refractivity contribution is 5.71. The Hall–Kier alpha value is -4.45. The smallest absolute Gasteiger partial charge is 0.306 e. The van der Waals surface area contributed by atoms with E-state index in [1.807, 2.05) is 0 Å². The first-order valence-electron chi connectivity index (χ1n) is 25.7. The summed E-state index contributed by atoms with van der Waals surface area (Å²) in [6, 6.07) is 0. The van der Waals surface area contributed by atoms with Crippen LogP contribution in [-0.4, -0.2) is 37.2 Å². The van der Waals surface area contributed by atoms with E-state index in [1.165, 1.54) is 25.7 Å². The van der Waals surface area contributed by atoms with Crippen LogP contribution in [0, 0.1) is 0 Å². The predicted molar refractivity (Wildman–Crippen MR) is 279 cm³/mol.